The van der Waals surface area contributed by atoms with Gasteiger partial charge in [0, 0.05) is 28.3 Å². The van der Waals surface area contributed by atoms with Gasteiger partial charge in [-0.2, -0.15) is 0 Å². The Morgan fingerprint density at radius 3 is 1.93 bits per heavy atom. The fourth-order valence-electron chi connectivity index (χ4n) is 4.43. The number of rotatable bonds is 1. The molecule has 0 atom stereocenters. The van der Waals surface area contributed by atoms with E-state index < -0.39 is 0 Å². The van der Waals surface area contributed by atoms with Crippen molar-refractivity contribution >= 4 is 17.9 Å². The van der Waals surface area contributed by atoms with Crippen molar-refractivity contribution in [2.24, 2.45) is 0 Å². The van der Waals surface area contributed by atoms with Crippen LogP contribution in [-0.2, 0) is 5.41 Å². The van der Waals surface area contributed by atoms with E-state index >= 15 is 0 Å². The fourth-order valence-corrected chi connectivity index (χ4v) is 5.71. The zero-order valence-electron chi connectivity index (χ0n) is 15.5. The van der Waals surface area contributed by atoms with E-state index in [-0.39, 0.29) is 11.5 Å². The zero-order valence-corrected chi connectivity index (χ0v) is 16.3. The van der Waals surface area contributed by atoms with Crippen LogP contribution in [0.2, 0.25) is 0 Å². The maximum Gasteiger partial charge on any atom is 0.415 e. The molecule has 4 heteroatoms. The van der Waals surface area contributed by atoms with E-state index in [1.807, 2.05) is 47.0 Å². The molecule has 0 aliphatic carbocycles. The van der Waals surface area contributed by atoms with Crippen LogP contribution in [0.4, 0.5) is 4.79 Å². The largest absolute Gasteiger partial charge is 0.415 e. The Labute approximate surface area is 169 Å². The van der Waals surface area contributed by atoms with Crippen LogP contribution in [0, 0.1) is 0 Å². The summed E-state index contributed by atoms with van der Waals surface area (Å²) in [7, 11) is 0. The van der Waals surface area contributed by atoms with Crippen molar-refractivity contribution in [3.63, 3.8) is 0 Å². The summed E-state index contributed by atoms with van der Waals surface area (Å²) < 4.78 is 5.55. The number of nitrogens with zero attached hydrogens (tertiary/aromatic N) is 1. The second-order valence-electron chi connectivity index (χ2n) is 7.34. The number of amides is 1. The Bertz CT molecular complexity index is 962. The third-order valence-corrected chi connectivity index (χ3v) is 7.00. The molecule has 0 radical (unpaired) electrons. The number of hydrogen-bond acceptors (Lipinski definition) is 3. The molecule has 3 aromatic carbocycles. The Morgan fingerprint density at radius 2 is 1.32 bits per heavy atom. The summed E-state index contributed by atoms with van der Waals surface area (Å²) in [5.74, 6) is 0.595. The molecule has 3 nitrogen and oxygen atoms in total. The van der Waals surface area contributed by atoms with Gasteiger partial charge in [0.2, 0.25) is 0 Å². The lowest BCUT2D eigenvalue weighted by atomic mass is 9.67. The summed E-state index contributed by atoms with van der Waals surface area (Å²) >= 11 is 1.85. The highest BCUT2D eigenvalue weighted by atomic mass is 32.2. The van der Waals surface area contributed by atoms with Crippen LogP contribution in [0.25, 0.3) is 0 Å². The summed E-state index contributed by atoms with van der Waals surface area (Å²) in [6.45, 7) is 1.39. The third-order valence-electron chi connectivity index (χ3n) is 5.85. The van der Waals surface area contributed by atoms with Gasteiger partial charge in [-0.25, -0.2) is 4.79 Å². The molecule has 3 aromatic rings. The molecular weight excluding hydrogens is 366 g/mol. The summed E-state index contributed by atoms with van der Waals surface area (Å²) in [4.78, 5) is 17.1. The smallest absolute Gasteiger partial charge is 0.410 e. The average molecular weight is 388 g/mol. The lowest BCUT2D eigenvalue weighted by Crippen LogP contribution is -2.47. The SMILES string of the molecule is O=C(Oc1ccccc1)N1CCC2(CC1)c1ccccc1Sc1ccccc12. The topological polar surface area (TPSA) is 29.5 Å². The highest BCUT2D eigenvalue weighted by Crippen LogP contribution is 2.53. The first-order chi connectivity index (χ1) is 13.8. The van der Waals surface area contributed by atoms with Crippen LogP contribution >= 0.6 is 11.8 Å². The normalized spacial score (nSPS) is 16.9. The first kappa shape index (κ1) is 17.4. The summed E-state index contributed by atoms with van der Waals surface area (Å²) in [5.41, 5.74) is 2.77. The van der Waals surface area contributed by atoms with Crippen LogP contribution in [-0.4, -0.2) is 24.1 Å². The fraction of sp³-hybridized carbons (Fsp3) is 0.208. The predicted octanol–water partition coefficient (Wildman–Crippen LogP) is 5.73. The van der Waals surface area contributed by atoms with E-state index in [0.717, 1.165) is 12.8 Å². The van der Waals surface area contributed by atoms with Crippen molar-refractivity contribution in [3.05, 3.63) is 90.0 Å². The van der Waals surface area contributed by atoms with Gasteiger partial charge >= 0.3 is 6.09 Å². The predicted molar refractivity (Wildman–Crippen MR) is 111 cm³/mol. The molecule has 0 N–H and O–H groups in total. The summed E-state index contributed by atoms with van der Waals surface area (Å²) in [6, 6.07) is 26.7. The van der Waals surface area contributed by atoms with Crippen LogP contribution in [0.3, 0.4) is 0 Å². The molecule has 1 spiro atoms. The van der Waals surface area contributed by atoms with Crippen molar-refractivity contribution in [1.82, 2.24) is 4.90 Å². The molecular formula is C24H21NO2S. The molecule has 140 valence electrons. The van der Waals surface area contributed by atoms with Gasteiger partial charge in [0.1, 0.15) is 5.75 Å². The van der Waals surface area contributed by atoms with Crippen molar-refractivity contribution < 1.29 is 9.53 Å². The Hall–Kier alpha value is -2.72. The number of fused-ring (bicyclic) bond motifs is 4. The average Bonchev–Trinajstić information content (AvgIpc) is 2.75. The minimum absolute atomic E-state index is 0.0258. The Kier molecular flexibility index (Phi) is 4.36. The maximum atomic E-state index is 12.6. The molecule has 1 fully saturated rings. The van der Waals surface area contributed by atoms with Crippen LogP contribution < -0.4 is 4.74 Å². The lowest BCUT2D eigenvalue weighted by molar-refractivity contribution is 0.128. The van der Waals surface area contributed by atoms with Gasteiger partial charge in [-0.3, -0.25) is 0 Å². The van der Waals surface area contributed by atoms with E-state index in [2.05, 4.69) is 48.5 Å². The van der Waals surface area contributed by atoms with Gasteiger partial charge in [0.15, 0.2) is 0 Å². The summed E-state index contributed by atoms with van der Waals surface area (Å²) in [5, 5.41) is 0. The number of benzene rings is 3. The van der Waals surface area contributed by atoms with Gasteiger partial charge < -0.3 is 9.64 Å². The van der Waals surface area contributed by atoms with E-state index in [4.69, 9.17) is 4.74 Å². The van der Waals surface area contributed by atoms with Crippen molar-refractivity contribution in [1.29, 1.82) is 0 Å². The van der Waals surface area contributed by atoms with E-state index in [1.165, 1.54) is 20.9 Å². The van der Waals surface area contributed by atoms with E-state index in [0.29, 0.717) is 18.8 Å². The van der Waals surface area contributed by atoms with Gasteiger partial charge in [-0.1, -0.05) is 66.4 Å². The highest BCUT2D eigenvalue weighted by molar-refractivity contribution is 7.99. The second-order valence-corrected chi connectivity index (χ2v) is 8.43. The summed E-state index contributed by atoms with van der Waals surface area (Å²) in [6.07, 6.45) is 1.56. The van der Waals surface area contributed by atoms with Crippen molar-refractivity contribution in [2.75, 3.05) is 13.1 Å². The minimum atomic E-state index is -0.257. The standard InChI is InChI=1S/C24H21NO2S/c26-23(27-18-8-2-1-3-9-18)25-16-14-24(15-17-25)19-10-4-6-12-21(19)28-22-13-7-5-11-20(22)24/h1-13H,14-17H2. The van der Waals surface area contributed by atoms with Crippen LogP contribution in [0.5, 0.6) is 5.75 Å². The molecule has 5 rings (SSSR count). The molecule has 0 unspecified atom stereocenters. The Morgan fingerprint density at radius 1 is 0.786 bits per heavy atom. The number of carbonyl (C=O) groups is 1. The highest BCUT2D eigenvalue weighted by Gasteiger charge is 2.44. The quantitative estimate of drug-likeness (QED) is 0.534. The lowest BCUT2D eigenvalue weighted by Gasteiger charge is -2.45. The van der Waals surface area contributed by atoms with E-state index in [1.54, 1.807) is 0 Å². The molecule has 0 bridgehead atoms. The zero-order chi connectivity index (χ0) is 19.0. The number of piperidine rings is 1. The monoisotopic (exact) mass is 387 g/mol. The molecule has 2 aliphatic rings. The first-order valence-electron chi connectivity index (χ1n) is 9.65. The van der Waals surface area contributed by atoms with Crippen molar-refractivity contribution in [2.45, 2.75) is 28.0 Å². The van der Waals surface area contributed by atoms with Crippen molar-refractivity contribution in [3.8, 4) is 5.75 Å². The van der Waals surface area contributed by atoms with Crippen LogP contribution in [0.1, 0.15) is 24.0 Å². The number of carbonyl (C=O) groups excluding carboxylic acids is 1. The number of likely N-dealkylation sites (tertiary alicyclic amines) is 1. The molecule has 2 heterocycles. The maximum absolute atomic E-state index is 12.6. The Balaban J connectivity index is 1.42. The molecule has 28 heavy (non-hydrogen) atoms. The van der Waals surface area contributed by atoms with E-state index in [9.17, 15) is 4.79 Å². The van der Waals surface area contributed by atoms with Gasteiger partial charge in [-0.05, 0) is 48.2 Å². The number of para-hydroxylation sites is 1. The number of hydrogen-bond donors (Lipinski definition) is 0. The van der Waals surface area contributed by atoms with Gasteiger partial charge in [0.05, 0.1) is 0 Å². The molecule has 1 saturated heterocycles. The third kappa shape index (κ3) is 2.89. The van der Waals surface area contributed by atoms with Crippen LogP contribution in [0.15, 0.2) is 88.7 Å². The first-order valence-corrected chi connectivity index (χ1v) is 10.5. The minimum Gasteiger partial charge on any atom is -0.410 e. The molecule has 2 aliphatic heterocycles. The van der Waals surface area contributed by atoms with Gasteiger partial charge in [0.25, 0.3) is 0 Å². The number of ether oxygens (including phenoxy) is 1. The second kappa shape index (κ2) is 7.02. The van der Waals surface area contributed by atoms with Gasteiger partial charge in [-0.15, -0.1) is 0 Å². The molecule has 0 aromatic heterocycles. The molecule has 0 saturated carbocycles. The molecule has 1 amide bonds.